The molecule has 4 N–H and O–H groups in total. The van der Waals surface area contributed by atoms with Crippen molar-refractivity contribution < 1.29 is 18.0 Å². The van der Waals surface area contributed by atoms with Crippen molar-refractivity contribution in [2.75, 3.05) is 26.9 Å². The van der Waals surface area contributed by atoms with Gasteiger partial charge in [-0.1, -0.05) is 24.3 Å². The summed E-state index contributed by atoms with van der Waals surface area (Å²) in [7, 11) is -3.43. The number of anilines is 4. The Hall–Kier alpha value is -3.85. The smallest absolute Gasteiger partial charge is 0.322 e. The van der Waals surface area contributed by atoms with Gasteiger partial charge < -0.3 is 16.0 Å². The van der Waals surface area contributed by atoms with Crippen molar-refractivity contribution in [3.63, 3.8) is 0 Å². The summed E-state index contributed by atoms with van der Waals surface area (Å²) in [6.07, 6.45) is 1.04. The van der Waals surface area contributed by atoms with E-state index in [0.717, 1.165) is 6.26 Å². The highest BCUT2D eigenvalue weighted by atomic mass is 32.2. The van der Waals surface area contributed by atoms with Crippen molar-refractivity contribution in [2.45, 2.75) is 0 Å². The summed E-state index contributed by atoms with van der Waals surface area (Å²) in [6.45, 7) is 0. The first kappa shape index (κ1) is 20.9. The fourth-order valence-electron chi connectivity index (χ4n) is 2.59. The minimum atomic E-state index is -3.43. The highest BCUT2D eigenvalue weighted by Crippen LogP contribution is 2.17. The second kappa shape index (κ2) is 9.10. The van der Waals surface area contributed by atoms with E-state index in [1.807, 2.05) is 18.2 Å². The van der Waals surface area contributed by atoms with Gasteiger partial charge in [0.25, 0.3) is 5.91 Å². The van der Waals surface area contributed by atoms with Gasteiger partial charge in [-0.05, 0) is 54.6 Å². The molecule has 30 heavy (non-hydrogen) atoms. The lowest BCUT2D eigenvalue weighted by Crippen LogP contribution is -2.19. The fraction of sp³-hybridized carbons (Fsp3) is 0.0476. The Balaban J connectivity index is 1.59. The molecule has 9 heteroatoms. The highest BCUT2D eigenvalue weighted by molar-refractivity contribution is 7.92. The highest BCUT2D eigenvalue weighted by Gasteiger charge is 2.09. The minimum Gasteiger partial charge on any atom is -0.322 e. The molecule has 0 aliphatic carbocycles. The molecule has 0 saturated heterocycles. The molecule has 0 unspecified atom stereocenters. The number of hydrogen-bond donors (Lipinski definition) is 4. The molecule has 154 valence electrons. The van der Waals surface area contributed by atoms with Crippen LogP contribution in [0.4, 0.5) is 27.5 Å². The summed E-state index contributed by atoms with van der Waals surface area (Å²) in [5.74, 6) is -0.394. The molecule has 8 nitrogen and oxygen atoms in total. The molecule has 0 radical (unpaired) electrons. The van der Waals surface area contributed by atoms with E-state index in [9.17, 15) is 18.0 Å². The van der Waals surface area contributed by atoms with Gasteiger partial charge in [-0.25, -0.2) is 13.2 Å². The van der Waals surface area contributed by atoms with Gasteiger partial charge in [-0.3, -0.25) is 9.52 Å². The molecule has 0 aromatic heterocycles. The molecular weight excluding hydrogens is 404 g/mol. The van der Waals surface area contributed by atoms with Gasteiger partial charge in [-0.15, -0.1) is 0 Å². The number of carbonyl (C=O) groups excluding carboxylic acids is 2. The van der Waals surface area contributed by atoms with Gasteiger partial charge in [0.2, 0.25) is 10.0 Å². The van der Waals surface area contributed by atoms with Crippen molar-refractivity contribution >= 4 is 44.7 Å². The Morgan fingerprint density at radius 1 is 0.667 bits per heavy atom. The average molecular weight is 424 g/mol. The molecule has 0 heterocycles. The van der Waals surface area contributed by atoms with Gasteiger partial charge in [-0.2, -0.15) is 0 Å². The molecule has 3 rings (SSSR count). The molecule has 0 fully saturated rings. The van der Waals surface area contributed by atoms with Gasteiger partial charge in [0.15, 0.2) is 0 Å². The largest absolute Gasteiger partial charge is 0.323 e. The van der Waals surface area contributed by atoms with Crippen LogP contribution in [0, 0.1) is 0 Å². The maximum absolute atomic E-state index is 12.4. The summed E-state index contributed by atoms with van der Waals surface area (Å²) < 4.78 is 25.0. The lowest BCUT2D eigenvalue weighted by Gasteiger charge is -2.10. The normalized spacial score (nSPS) is 10.7. The van der Waals surface area contributed by atoms with Crippen LogP contribution in [0.5, 0.6) is 0 Å². The molecular formula is C21H20N4O4S. The van der Waals surface area contributed by atoms with Crippen LogP contribution in [-0.2, 0) is 10.0 Å². The molecule has 3 aromatic carbocycles. The predicted molar refractivity (Wildman–Crippen MR) is 118 cm³/mol. The van der Waals surface area contributed by atoms with Crippen molar-refractivity contribution in [3.8, 4) is 0 Å². The minimum absolute atomic E-state index is 0.299. The van der Waals surface area contributed by atoms with Crippen LogP contribution in [0.25, 0.3) is 0 Å². The number of carbonyl (C=O) groups is 2. The molecule has 3 aromatic rings. The lowest BCUT2D eigenvalue weighted by atomic mass is 10.2. The standard InChI is InChI=1S/C21H20N4O4S/c1-30(28,29)25-19-9-5-6-15(14-19)20(26)22-17-10-12-18(13-11-17)24-21(27)23-16-7-3-2-4-8-16/h2-14,25H,1H3,(H,22,26)(H2,23,24,27). The van der Waals surface area contributed by atoms with Gasteiger partial charge >= 0.3 is 6.03 Å². The SMILES string of the molecule is CS(=O)(=O)Nc1cccc(C(=O)Nc2ccc(NC(=O)Nc3ccccc3)cc2)c1. The second-order valence-corrected chi connectivity index (χ2v) is 8.18. The zero-order valence-electron chi connectivity index (χ0n) is 16.0. The Kier molecular flexibility index (Phi) is 6.33. The summed E-state index contributed by atoms with van der Waals surface area (Å²) in [6, 6.07) is 21.4. The van der Waals surface area contributed by atoms with E-state index in [1.54, 1.807) is 54.6 Å². The molecule has 0 spiro atoms. The Labute approximate surface area is 174 Å². The maximum atomic E-state index is 12.4. The maximum Gasteiger partial charge on any atom is 0.323 e. The quantitative estimate of drug-likeness (QED) is 0.479. The number of amides is 3. The zero-order valence-corrected chi connectivity index (χ0v) is 16.9. The first-order valence-corrected chi connectivity index (χ1v) is 10.8. The summed E-state index contributed by atoms with van der Waals surface area (Å²) in [5.41, 5.74) is 2.35. The topological polar surface area (TPSA) is 116 Å². The summed E-state index contributed by atoms with van der Waals surface area (Å²) >= 11 is 0. The number of sulfonamides is 1. The fourth-order valence-corrected chi connectivity index (χ4v) is 3.15. The van der Waals surface area contributed by atoms with Crippen LogP contribution in [-0.4, -0.2) is 26.6 Å². The molecule has 0 atom stereocenters. The third-order valence-corrected chi connectivity index (χ3v) is 4.47. The van der Waals surface area contributed by atoms with E-state index in [2.05, 4.69) is 20.7 Å². The zero-order chi connectivity index (χ0) is 21.6. The van der Waals surface area contributed by atoms with Crippen LogP contribution in [0.1, 0.15) is 10.4 Å². The number of benzene rings is 3. The van der Waals surface area contributed by atoms with Crippen molar-refractivity contribution in [1.82, 2.24) is 0 Å². The Morgan fingerprint density at radius 3 is 1.80 bits per heavy atom. The van der Waals surface area contributed by atoms with Crippen LogP contribution in [0.2, 0.25) is 0 Å². The van der Waals surface area contributed by atoms with Crippen molar-refractivity contribution in [3.05, 3.63) is 84.4 Å². The third kappa shape index (κ3) is 6.35. The number of hydrogen-bond acceptors (Lipinski definition) is 4. The van der Waals surface area contributed by atoms with Gasteiger partial charge in [0.1, 0.15) is 0 Å². The van der Waals surface area contributed by atoms with E-state index in [1.165, 1.54) is 6.07 Å². The van der Waals surface area contributed by atoms with E-state index in [0.29, 0.717) is 28.3 Å². The summed E-state index contributed by atoms with van der Waals surface area (Å²) in [4.78, 5) is 24.4. The van der Waals surface area contributed by atoms with Crippen LogP contribution in [0.15, 0.2) is 78.9 Å². The number of rotatable bonds is 6. The van der Waals surface area contributed by atoms with Gasteiger partial charge in [0.05, 0.1) is 6.26 Å². The first-order chi connectivity index (χ1) is 14.3. The first-order valence-electron chi connectivity index (χ1n) is 8.91. The molecule has 0 aliphatic heterocycles. The average Bonchev–Trinajstić information content (AvgIpc) is 2.69. The monoisotopic (exact) mass is 424 g/mol. The van der Waals surface area contributed by atoms with Crippen LogP contribution < -0.4 is 20.7 Å². The lowest BCUT2D eigenvalue weighted by molar-refractivity contribution is 0.102. The van der Waals surface area contributed by atoms with Gasteiger partial charge in [0, 0.05) is 28.3 Å². The summed E-state index contributed by atoms with van der Waals surface area (Å²) in [5, 5.41) is 8.14. The number of nitrogens with one attached hydrogen (secondary N) is 4. The number of urea groups is 1. The third-order valence-electron chi connectivity index (χ3n) is 3.86. The van der Waals surface area contributed by atoms with E-state index in [4.69, 9.17) is 0 Å². The van der Waals surface area contributed by atoms with Crippen LogP contribution >= 0.6 is 0 Å². The van der Waals surface area contributed by atoms with Crippen molar-refractivity contribution in [1.29, 1.82) is 0 Å². The predicted octanol–water partition coefficient (Wildman–Crippen LogP) is 3.95. The molecule has 0 aliphatic rings. The van der Waals surface area contributed by atoms with E-state index in [-0.39, 0.29) is 6.03 Å². The Bertz CT molecular complexity index is 1150. The Morgan fingerprint density at radius 2 is 1.20 bits per heavy atom. The molecule has 0 saturated carbocycles. The molecule has 3 amide bonds. The second-order valence-electron chi connectivity index (χ2n) is 6.43. The van der Waals surface area contributed by atoms with Crippen LogP contribution in [0.3, 0.4) is 0 Å². The van der Waals surface area contributed by atoms with E-state index >= 15 is 0 Å². The number of para-hydroxylation sites is 1. The molecule has 0 bridgehead atoms. The van der Waals surface area contributed by atoms with Crippen molar-refractivity contribution in [2.24, 2.45) is 0 Å². The van der Waals surface area contributed by atoms with E-state index < -0.39 is 15.9 Å².